The first kappa shape index (κ1) is 22.0. The molecule has 1 heterocycles. The molecule has 0 saturated heterocycles. The van der Waals surface area contributed by atoms with E-state index in [4.69, 9.17) is 14.7 Å². The Hall–Kier alpha value is -3.31. The Morgan fingerprint density at radius 1 is 1.31 bits per heavy atom. The molecule has 0 spiro atoms. The second-order valence-corrected chi connectivity index (χ2v) is 6.93. The number of methoxy groups -OCH3 is 1. The van der Waals surface area contributed by atoms with E-state index in [2.05, 4.69) is 5.32 Å². The van der Waals surface area contributed by atoms with Crippen molar-refractivity contribution in [3.05, 3.63) is 52.2 Å². The van der Waals surface area contributed by atoms with Crippen molar-refractivity contribution >= 4 is 29.2 Å². The van der Waals surface area contributed by atoms with Gasteiger partial charge < -0.3 is 19.7 Å². The zero-order chi connectivity index (χ0) is 21.1. The van der Waals surface area contributed by atoms with Gasteiger partial charge in [-0.2, -0.15) is 5.26 Å². The topological polar surface area (TPSA) is 91.7 Å². The van der Waals surface area contributed by atoms with Gasteiger partial charge in [-0.15, -0.1) is 11.3 Å². The highest BCUT2D eigenvalue weighted by Crippen LogP contribution is 2.28. The average Bonchev–Trinajstić information content (AvgIpc) is 3.26. The Bertz CT molecular complexity index is 888. The molecule has 0 aliphatic rings. The van der Waals surface area contributed by atoms with Crippen molar-refractivity contribution in [2.45, 2.75) is 13.5 Å². The molecular formula is C21H23N3O4S. The fourth-order valence-electron chi connectivity index (χ4n) is 2.46. The lowest BCUT2D eigenvalue weighted by molar-refractivity contribution is -0.132. The highest BCUT2D eigenvalue weighted by molar-refractivity contribution is 7.09. The van der Waals surface area contributed by atoms with Crippen molar-refractivity contribution in [1.82, 2.24) is 10.2 Å². The SMILES string of the molecule is CCN(CC(=O)NCc1cccs1)C(=O)/C=C/c1ccc(OCC#N)c(OC)c1. The maximum absolute atomic E-state index is 12.4. The number of amides is 2. The number of likely N-dealkylation sites (N-methyl/N-ethyl adjacent to an activating group) is 1. The lowest BCUT2D eigenvalue weighted by atomic mass is 10.2. The minimum absolute atomic E-state index is 0.00466. The molecule has 0 radical (unpaired) electrons. The smallest absolute Gasteiger partial charge is 0.247 e. The van der Waals surface area contributed by atoms with E-state index < -0.39 is 0 Å². The number of rotatable bonds is 10. The van der Waals surface area contributed by atoms with Gasteiger partial charge in [-0.3, -0.25) is 9.59 Å². The molecule has 0 fully saturated rings. The van der Waals surface area contributed by atoms with Gasteiger partial charge in [0.1, 0.15) is 6.07 Å². The highest BCUT2D eigenvalue weighted by Gasteiger charge is 2.13. The van der Waals surface area contributed by atoms with E-state index in [0.717, 1.165) is 10.4 Å². The van der Waals surface area contributed by atoms with E-state index in [-0.39, 0.29) is 25.0 Å². The number of hydrogen-bond donors (Lipinski definition) is 1. The van der Waals surface area contributed by atoms with Crippen LogP contribution < -0.4 is 14.8 Å². The Labute approximate surface area is 174 Å². The number of thiophene rings is 1. The number of nitrogens with zero attached hydrogens (tertiary/aromatic N) is 2. The Morgan fingerprint density at radius 2 is 2.14 bits per heavy atom. The summed E-state index contributed by atoms with van der Waals surface area (Å²) in [6, 6.07) is 10.9. The second kappa shape index (κ2) is 11.5. The number of carbonyl (C=O) groups excluding carboxylic acids is 2. The molecule has 0 saturated carbocycles. The van der Waals surface area contributed by atoms with Crippen LogP contribution in [0, 0.1) is 11.3 Å². The van der Waals surface area contributed by atoms with Crippen LogP contribution in [0.15, 0.2) is 41.8 Å². The quantitative estimate of drug-likeness (QED) is 0.605. The predicted octanol–water partition coefficient (Wildman–Crippen LogP) is 2.84. The lowest BCUT2D eigenvalue weighted by Gasteiger charge is -2.18. The lowest BCUT2D eigenvalue weighted by Crippen LogP contribution is -2.39. The van der Waals surface area contributed by atoms with Crippen LogP contribution in [0.1, 0.15) is 17.4 Å². The van der Waals surface area contributed by atoms with Gasteiger partial charge in [0.15, 0.2) is 18.1 Å². The third kappa shape index (κ3) is 6.97. The van der Waals surface area contributed by atoms with Crippen LogP contribution in [-0.4, -0.2) is 43.5 Å². The van der Waals surface area contributed by atoms with Gasteiger partial charge in [0.05, 0.1) is 20.2 Å². The molecule has 0 aliphatic carbocycles. The number of carbonyl (C=O) groups is 2. The highest BCUT2D eigenvalue weighted by atomic mass is 32.1. The van der Waals surface area contributed by atoms with E-state index in [1.54, 1.807) is 35.6 Å². The second-order valence-electron chi connectivity index (χ2n) is 5.90. The molecule has 0 aliphatic heterocycles. The van der Waals surface area contributed by atoms with Gasteiger partial charge in [0.25, 0.3) is 0 Å². The van der Waals surface area contributed by atoms with Crippen LogP contribution >= 0.6 is 11.3 Å². The summed E-state index contributed by atoms with van der Waals surface area (Å²) in [4.78, 5) is 27.1. The van der Waals surface area contributed by atoms with Gasteiger partial charge in [-0.1, -0.05) is 12.1 Å². The molecule has 29 heavy (non-hydrogen) atoms. The number of benzene rings is 1. The van der Waals surface area contributed by atoms with Crippen molar-refractivity contribution < 1.29 is 19.1 Å². The first-order valence-corrected chi connectivity index (χ1v) is 9.89. The average molecular weight is 413 g/mol. The standard InChI is InChI=1S/C21H23N3O4S/c1-3-24(15-20(25)23-14-17-5-4-12-29-17)21(26)9-7-16-6-8-18(28-11-10-22)19(13-16)27-2/h4-9,12-13H,3,11,14-15H2,1-2H3,(H,23,25)/b9-7+. The molecule has 2 amide bonds. The van der Waals surface area contributed by atoms with Gasteiger partial charge in [0.2, 0.25) is 11.8 Å². The van der Waals surface area contributed by atoms with E-state index in [1.807, 2.05) is 30.5 Å². The predicted molar refractivity (Wildman–Crippen MR) is 112 cm³/mol. The largest absolute Gasteiger partial charge is 0.493 e. The van der Waals surface area contributed by atoms with E-state index >= 15 is 0 Å². The first-order valence-electron chi connectivity index (χ1n) is 9.01. The van der Waals surface area contributed by atoms with Crippen molar-refractivity contribution in [3.63, 3.8) is 0 Å². The van der Waals surface area contributed by atoms with Gasteiger partial charge in [-0.25, -0.2) is 0 Å². The molecule has 0 atom stereocenters. The van der Waals surface area contributed by atoms with Crippen LogP contribution in [0.2, 0.25) is 0 Å². The number of nitrogens with one attached hydrogen (secondary N) is 1. The normalized spacial score (nSPS) is 10.4. The summed E-state index contributed by atoms with van der Waals surface area (Å²) in [5.74, 6) is 0.454. The van der Waals surface area contributed by atoms with Crippen molar-refractivity contribution in [2.24, 2.45) is 0 Å². The zero-order valence-corrected chi connectivity index (χ0v) is 17.2. The van der Waals surface area contributed by atoms with Crippen LogP contribution in [0.4, 0.5) is 0 Å². The summed E-state index contributed by atoms with van der Waals surface area (Å²) in [7, 11) is 1.50. The molecule has 8 heteroatoms. The molecule has 1 N–H and O–H groups in total. The van der Waals surface area contributed by atoms with Gasteiger partial charge in [0, 0.05) is 17.5 Å². The van der Waals surface area contributed by atoms with Gasteiger partial charge in [-0.05, 0) is 42.1 Å². The van der Waals surface area contributed by atoms with Crippen LogP contribution in [0.25, 0.3) is 6.08 Å². The van der Waals surface area contributed by atoms with E-state index in [1.165, 1.54) is 18.1 Å². The third-order valence-electron chi connectivity index (χ3n) is 3.97. The zero-order valence-electron chi connectivity index (χ0n) is 16.4. The van der Waals surface area contributed by atoms with Gasteiger partial charge >= 0.3 is 0 Å². The molecule has 1 aromatic carbocycles. The maximum atomic E-state index is 12.4. The summed E-state index contributed by atoms with van der Waals surface area (Å²) >= 11 is 1.57. The van der Waals surface area contributed by atoms with E-state index in [0.29, 0.717) is 24.6 Å². The number of ether oxygens (including phenoxy) is 2. The molecule has 7 nitrogen and oxygen atoms in total. The Kier molecular flexibility index (Phi) is 8.73. The Balaban J connectivity index is 1.94. The summed E-state index contributed by atoms with van der Waals surface area (Å²) in [6.45, 7) is 2.61. The van der Waals surface area contributed by atoms with E-state index in [9.17, 15) is 9.59 Å². The molecule has 2 aromatic rings. The monoisotopic (exact) mass is 413 g/mol. The Morgan fingerprint density at radius 3 is 2.79 bits per heavy atom. The number of nitriles is 1. The number of hydrogen-bond acceptors (Lipinski definition) is 6. The van der Waals surface area contributed by atoms with Crippen LogP contribution in [0.3, 0.4) is 0 Å². The minimum atomic E-state index is -0.262. The minimum Gasteiger partial charge on any atom is -0.493 e. The molecular weight excluding hydrogens is 390 g/mol. The summed E-state index contributed by atoms with van der Waals surface area (Å²) < 4.78 is 10.5. The summed E-state index contributed by atoms with van der Waals surface area (Å²) in [6.07, 6.45) is 3.06. The fraction of sp³-hybridized carbons (Fsp3) is 0.286. The fourth-order valence-corrected chi connectivity index (χ4v) is 3.11. The molecule has 152 valence electrons. The first-order chi connectivity index (χ1) is 14.1. The molecule has 2 rings (SSSR count). The molecule has 0 bridgehead atoms. The van der Waals surface area contributed by atoms with Crippen LogP contribution in [0.5, 0.6) is 11.5 Å². The van der Waals surface area contributed by atoms with Crippen molar-refractivity contribution in [2.75, 3.05) is 26.8 Å². The maximum Gasteiger partial charge on any atom is 0.247 e. The third-order valence-corrected chi connectivity index (χ3v) is 4.84. The summed E-state index contributed by atoms with van der Waals surface area (Å²) in [5.41, 5.74) is 0.734. The van der Waals surface area contributed by atoms with Crippen molar-refractivity contribution in [1.29, 1.82) is 5.26 Å². The summed E-state index contributed by atoms with van der Waals surface area (Å²) in [5, 5.41) is 13.4. The van der Waals surface area contributed by atoms with Crippen molar-refractivity contribution in [3.8, 4) is 17.6 Å². The molecule has 1 aromatic heterocycles. The van der Waals surface area contributed by atoms with Crippen LogP contribution in [-0.2, 0) is 16.1 Å². The molecule has 0 unspecified atom stereocenters.